The van der Waals surface area contributed by atoms with Crippen molar-refractivity contribution in [2.75, 3.05) is 7.05 Å². The number of rotatable bonds is 3. The Balaban J connectivity index is 3.17. The van der Waals surface area contributed by atoms with Crippen molar-refractivity contribution in [2.24, 2.45) is 0 Å². The van der Waals surface area contributed by atoms with Crippen LogP contribution in [0.5, 0.6) is 0 Å². The Kier molecular flexibility index (Phi) is 4.61. The lowest BCUT2D eigenvalue weighted by Crippen LogP contribution is -2.34. The molecule has 0 N–H and O–H groups in total. The molecule has 0 aliphatic heterocycles. The summed E-state index contributed by atoms with van der Waals surface area (Å²) >= 11 is 1.93. The minimum absolute atomic E-state index is 0.142. The second-order valence-corrected chi connectivity index (χ2v) is 4.80. The average molecular weight is 359 g/mol. The SMILES string of the molecule is CC(C#N)N(C)C(=O)c1cc([N+](=O)[O-])ccc1I. The van der Waals surface area contributed by atoms with Crippen LogP contribution in [0.15, 0.2) is 18.2 Å². The standard InChI is InChI=1S/C11H10IN3O3/c1-7(6-13)14(2)11(16)9-5-8(15(17)18)3-4-10(9)12/h3-5,7H,1-2H3. The quantitative estimate of drug-likeness (QED) is 0.470. The molecular formula is C11H10IN3O3. The van der Waals surface area contributed by atoms with E-state index in [2.05, 4.69) is 0 Å². The van der Waals surface area contributed by atoms with E-state index in [-0.39, 0.29) is 11.3 Å². The van der Waals surface area contributed by atoms with Gasteiger partial charge in [-0.15, -0.1) is 0 Å². The number of hydrogen-bond donors (Lipinski definition) is 0. The van der Waals surface area contributed by atoms with E-state index in [0.29, 0.717) is 3.57 Å². The maximum Gasteiger partial charge on any atom is 0.270 e. The fourth-order valence-corrected chi connectivity index (χ4v) is 1.81. The van der Waals surface area contributed by atoms with Gasteiger partial charge in [-0.05, 0) is 35.6 Å². The maximum atomic E-state index is 12.1. The van der Waals surface area contributed by atoms with Gasteiger partial charge in [-0.1, -0.05) is 0 Å². The number of carbonyl (C=O) groups excluding carboxylic acids is 1. The van der Waals surface area contributed by atoms with Gasteiger partial charge in [0, 0.05) is 22.8 Å². The molecule has 0 aromatic heterocycles. The largest absolute Gasteiger partial charge is 0.326 e. The summed E-state index contributed by atoms with van der Waals surface area (Å²) in [4.78, 5) is 23.5. The summed E-state index contributed by atoms with van der Waals surface area (Å²) in [6.45, 7) is 1.59. The van der Waals surface area contributed by atoms with E-state index in [4.69, 9.17) is 5.26 Å². The van der Waals surface area contributed by atoms with Gasteiger partial charge in [0.05, 0.1) is 16.6 Å². The van der Waals surface area contributed by atoms with E-state index >= 15 is 0 Å². The molecule has 0 fully saturated rings. The zero-order valence-electron chi connectivity index (χ0n) is 9.75. The van der Waals surface area contributed by atoms with Crippen molar-refractivity contribution in [2.45, 2.75) is 13.0 Å². The van der Waals surface area contributed by atoms with Crippen molar-refractivity contribution in [1.82, 2.24) is 4.90 Å². The monoisotopic (exact) mass is 359 g/mol. The molecule has 1 rings (SSSR count). The third kappa shape index (κ3) is 2.95. The number of nitriles is 1. The van der Waals surface area contributed by atoms with E-state index in [1.54, 1.807) is 6.92 Å². The Morgan fingerprint density at radius 1 is 1.61 bits per heavy atom. The molecule has 0 radical (unpaired) electrons. The van der Waals surface area contributed by atoms with Crippen LogP contribution in [-0.2, 0) is 0 Å². The predicted molar refractivity (Wildman–Crippen MR) is 73.0 cm³/mol. The molecule has 0 aliphatic rings. The van der Waals surface area contributed by atoms with Crippen LogP contribution < -0.4 is 0 Å². The van der Waals surface area contributed by atoms with E-state index in [9.17, 15) is 14.9 Å². The fourth-order valence-electron chi connectivity index (χ4n) is 1.24. The van der Waals surface area contributed by atoms with Crippen LogP contribution in [0.3, 0.4) is 0 Å². The van der Waals surface area contributed by atoms with Gasteiger partial charge in [-0.25, -0.2) is 0 Å². The number of hydrogen-bond acceptors (Lipinski definition) is 4. The van der Waals surface area contributed by atoms with Crippen LogP contribution in [0.25, 0.3) is 0 Å². The normalized spacial score (nSPS) is 11.4. The smallest absolute Gasteiger partial charge is 0.270 e. The molecule has 94 valence electrons. The van der Waals surface area contributed by atoms with Crippen molar-refractivity contribution in [3.05, 3.63) is 37.4 Å². The molecule has 0 saturated carbocycles. The van der Waals surface area contributed by atoms with Crippen LogP contribution >= 0.6 is 22.6 Å². The number of amides is 1. The molecule has 0 spiro atoms. The zero-order valence-corrected chi connectivity index (χ0v) is 11.9. The number of nitro groups is 1. The number of benzene rings is 1. The van der Waals surface area contributed by atoms with Gasteiger partial charge >= 0.3 is 0 Å². The van der Waals surface area contributed by atoms with Crippen molar-refractivity contribution in [3.8, 4) is 6.07 Å². The highest BCUT2D eigenvalue weighted by Crippen LogP contribution is 2.21. The van der Waals surface area contributed by atoms with Crippen LogP contribution in [0.1, 0.15) is 17.3 Å². The van der Waals surface area contributed by atoms with Gasteiger partial charge in [0.15, 0.2) is 0 Å². The lowest BCUT2D eigenvalue weighted by molar-refractivity contribution is -0.384. The van der Waals surface area contributed by atoms with Crippen LogP contribution in [0, 0.1) is 25.0 Å². The molecule has 1 aromatic rings. The zero-order chi connectivity index (χ0) is 13.9. The average Bonchev–Trinajstić information content (AvgIpc) is 2.36. The topological polar surface area (TPSA) is 87.2 Å². The number of carbonyl (C=O) groups is 1. The summed E-state index contributed by atoms with van der Waals surface area (Å²) in [5, 5.41) is 19.4. The van der Waals surface area contributed by atoms with Gasteiger partial charge < -0.3 is 4.90 Å². The summed E-state index contributed by atoms with van der Waals surface area (Å²) in [5.74, 6) is -0.405. The van der Waals surface area contributed by atoms with Gasteiger partial charge in [-0.2, -0.15) is 5.26 Å². The first kappa shape index (κ1) is 14.4. The lowest BCUT2D eigenvalue weighted by atomic mass is 10.1. The predicted octanol–water partition coefficient (Wildman–Crippen LogP) is 2.18. The summed E-state index contributed by atoms with van der Waals surface area (Å²) in [6.07, 6.45) is 0. The van der Waals surface area contributed by atoms with E-state index in [1.165, 1.54) is 30.1 Å². The van der Waals surface area contributed by atoms with Crippen LogP contribution in [0.4, 0.5) is 5.69 Å². The minimum atomic E-state index is -0.590. The fraction of sp³-hybridized carbons (Fsp3) is 0.273. The van der Waals surface area contributed by atoms with Crippen LogP contribution in [-0.4, -0.2) is 28.8 Å². The molecule has 1 unspecified atom stereocenters. The molecule has 0 aliphatic carbocycles. The third-order valence-electron chi connectivity index (χ3n) is 2.48. The lowest BCUT2D eigenvalue weighted by Gasteiger charge is -2.19. The molecule has 0 bridgehead atoms. The molecule has 1 atom stereocenters. The molecular weight excluding hydrogens is 349 g/mol. The highest BCUT2D eigenvalue weighted by Gasteiger charge is 2.21. The van der Waals surface area contributed by atoms with E-state index < -0.39 is 16.9 Å². The molecule has 1 amide bonds. The molecule has 0 heterocycles. The van der Waals surface area contributed by atoms with Crippen molar-refractivity contribution in [1.29, 1.82) is 5.26 Å². The minimum Gasteiger partial charge on any atom is -0.326 e. The Bertz CT molecular complexity index is 539. The number of non-ortho nitro benzene ring substituents is 1. The summed E-state index contributed by atoms with van der Waals surface area (Å²) in [6, 6.07) is 5.43. The number of halogens is 1. The van der Waals surface area contributed by atoms with E-state index in [0.717, 1.165) is 0 Å². The van der Waals surface area contributed by atoms with Crippen molar-refractivity contribution >= 4 is 34.2 Å². The Morgan fingerprint density at radius 2 is 2.22 bits per heavy atom. The second-order valence-electron chi connectivity index (χ2n) is 3.64. The third-order valence-corrected chi connectivity index (χ3v) is 3.42. The summed E-state index contributed by atoms with van der Waals surface area (Å²) < 4.78 is 0.611. The molecule has 6 nitrogen and oxygen atoms in total. The van der Waals surface area contributed by atoms with Gasteiger partial charge in [-0.3, -0.25) is 14.9 Å². The number of nitro benzene ring substituents is 1. The molecule has 1 aromatic carbocycles. The van der Waals surface area contributed by atoms with E-state index in [1.807, 2.05) is 28.7 Å². The Labute approximate surface area is 117 Å². The number of nitrogens with zero attached hydrogens (tertiary/aromatic N) is 3. The molecule has 18 heavy (non-hydrogen) atoms. The van der Waals surface area contributed by atoms with Crippen molar-refractivity contribution < 1.29 is 9.72 Å². The first-order valence-corrected chi connectivity index (χ1v) is 6.07. The first-order chi connectivity index (χ1) is 8.38. The Hall–Kier alpha value is -1.69. The molecule has 7 heteroatoms. The maximum absolute atomic E-state index is 12.1. The summed E-state index contributed by atoms with van der Waals surface area (Å²) in [5.41, 5.74) is 0.0891. The van der Waals surface area contributed by atoms with Gasteiger partial charge in [0.2, 0.25) is 0 Å². The highest BCUT2D eigenvalue weighted by atomic mass is 127. The first-order valence-electron chi connectivity index (χ1n) is 4.99. The second kappa shape index (κ2) is 5.77. The van der Waals surface area contributed by atoms with Gasteiger partial charge in [0.25, 0.3) is 11.6 Å². The van der Waals surface area contributed by atoms with Crippen LogP contribution in [0.2, 0.25) is 0 Å². The van der Waals surface area contributed by atoms with Crippen molar-refractivity contribution in [3.63, 3.8) is 0 Å². The van der Waals surface area contributed by atoms with Gasteiger partial charge in [0.1, 0.15) is 6.04 Å². The highest BCUT2D eigenvalue weighted by molar-refractivity contribution is 14.1. The molecule has 0 saturated heterocycles. The Morgan fingerprint density at radius 3 is 2.72 bits per heavy atom. The summed E-state index contributed by atoms with van der Waals surface area (Å²) in [7, 11) is 1.49.